The fourth-order valence-electron chi connectivity index (χ4n) is 4.13. The first-order valence-corrected chi connectivity index (χ1v) is 10.5. The molecule has 2 aromatic heterocycles. The second kappa shape index (κ2) is 8.86. The Morgan fingerprint density at radius 1 is 1.17 bits per heavy atom. The van der Waals surface area contributed by atoms with Gasteiger partial charge in [-0.15, -0.1) is 0 Å². The number of likely N-dealkylation sites (tertiary alicyclic amines) is 1. The third-order valence-electron chi connectivity index (χ3n) is 5.70. The Bertz CT molecular complexity index is 836. The molecule has 1 amide bonds. The summed E-state index contributed by atoms with van der Waals surface area (Å²) in [7, 11) is 0. The minimum Gasteiger partial charge on any atom is -0.378 e. The van der Waals surface area contributed by atoms with E-state index in [0.29, 0.717) is 19.8 Å². The zero-order chi connectivity index (χ0) is 20.2. The highest BCUT2D eigenvalue weighted by Crippen LogP contribution is 2.34. The number of anilines is 1. The molecule has 7 heteroatoms. The maximum atomic E-state index is 12.6. The summed E-state index contributed by atoms with van der Waals surface area (Å²) in [4.78, 5) is 30.6. The topological polar surface area (TPSA) is 71.5 Å². The average molecular weight is 396 g/mol. The predicted molar refractivity (Wildman–Crippen MR) is 112 cm³/mol. The molecule has 0 spiro atoms. The molecule has 29 heavy (non-hydrogen) atoms. The molecule has 7 nitrogen and oxygen atoms in total. The van der Waals surface area contributed by atoms with Crippen molar-refractivity contribution in [2.45, 2.75) is 32.6 Å². The van der Waals surface area contributed by atoms with Gasteiger partial charge in [-0.05, 0) is 30.5 Å². The summed E-state index contributed by atoms with van der Waals surface area (Å²) >= 11 is 0. The van der Waals surface area contributed by atoms with Crippen LogP contribution in [-0.2, 0) is 9.53 Å². The Balaban J connectivity index is 1.69. The minimum atomic E-state index is 0.0164. The normalized spacial score (nSPS) is 20.2. The van der Waals surface area contributed by atoms with Gasteiger partial charge in [0.25, 0.3) is 0 Å². The van der Waals surface area contributed by atoms with Gasteiger partial charge in [0, 0.05) is 62.2 Å². The molecule has 0 radical (unpaired) electrons. The SMILES string of the molecule is CC(C)C(=O)N1CCC[C@H](c2nc(N3CCOCC3)ncc2-c2ccncc2)C1. The summed E-state index contributed by atoms with van der Waals surface area (Å²) < 4.78 is 5.48. The van der Waals surface area contributed by atoms with Crippen LogP contribution in [0.4, 0.5) is 5.95 Å². The molecule has 4 rings (SSSR count). The number of carbonyl (C=O) groups excluding carboxylic acids is 1. The molecule has 0 N–H and O–H groups in total. The Morgan fingerprint density at radius 3 is 2.66 bits per heavy atom. The molecule has 2 saturated heterocycles. The third kappa shape index (κ3) is 4.40. The van der Waals surface area contributed by atoms with Crippen molar-refractivity contribution in [1.82, 2.24) is 19.9 Å². The fourth-order valence-corrected chi connectivity index (χ4v) is 4.13. The van der Waals surface area contributed by atoms with Crippen molar-refractivity contribution in [2.24, 2.45) is 5.92 Å². The standard InChI is InChI=1S/C22H29N5O2/c1-16(2)21(28)27-9-3-4-18(15-27)20-19(17-5-7-23-8-6-17)14-24-22(25-20)26-10-12-29-13-11-26/h5-8,14,16,18H,3-4,9-13,15H2,1-2H3/t18-/m0/s1. The van der Waals surface area contributed by atoms with Crippen molar-refractivity contribution in [3.63, 3.8) is 0 Å². The van der Waals surface area contributed by atoms with Crippen LogP contribution in [0.15, 0.2) is 30.7 Å². The van der Waals surface area contributed by atoms with Crippen molar-refractivity contribution >= 4 is 11.9 Å². The summed E-state index contributed by atoms with van der Waals surface area (Å²) in [5.74, 6) is 1.20. The van der Waals surface area contributed by atoms with Crippen LogP contribution in [0.3, 0.4) is 0 Å². The number of carbonyl (C=O) groups is 1. The molecule has 0 saturated carbocycles. The molecule has 2 aromatic rings. The number of nitrogens with zero attached hydrogens (tertiary/aromatic N) is 5. The first kappa shape index (κ1) is 19.8. The second-order valence-electron chi connectivity index (χ2n) is 8.08. The van der Waals surface area contributed by atoms with Crippen LogP contribution in [0.2, 0.25) is 0 Å². The van der Waals surface area contributed by atoms with Crippen molar-refractivity contribution in [1.29, 1.82) is 0 Å². The molecule has 1 atom stereocenters. The average Bonchev–Trinajstić information content (AvgIpc) is 2.79. The molecule has 2 aliphatic rings. The lowest BCUT2D eigenvalue weighted by Crippen LogP contribution is -2.41. The molecule has 4 heterocycles. The minimum absolute atomic E-state index is 0.0164. The monoisotopic (exact) mass is 395 g/mol. The molecule has 2 aliphatic heterocycles. The van der Waals surface area contributed by atoms with Gasteiger partial charge in [0.05, 0.1) is 18.9 Å². The maximum Gasteiger partial charge on any atom is 0.225 e. The third-order valence-corrected chi connectivity index (χ3v) is 5.70. The molecular weight excluding hydrogens is 366 g/mol. The van der Waals surface area contributed by atoms with Crippen LogP contribution in [-0.4, -0.2) is 65.2 Å². The number of piperidine rings is 1. The van der Waals surface area contributed by atoms with Gasteiger partial charge in [-0.1, -0.05) is 13.8 Å². The number of morpholine rings is 1. The molecule has 154 valence electrons. The lowest BCUT2D eigenvalue weighted by molar-refractivity contribution is -0.135. The van der Waals surface area contributed by atoms with Gasteiger partial charge in [-0.25, -0.2) is 9.97 Å². The van der Waals surface area contributed by atoms with Crippen LogP contribution >= 0.6 is 0 Å². The van der Waals surface area contributed by atoms with E-state index in [1.54, 1.807) is 12.4 Å². The first-order chi connectivity index (χ1) is 14.1. The highest BCUT2D eigenvalue weighted by Gasteiger charge is 2.29. The highest BCUT2D eigenvalue weighted by molar-refractivity contribution is 5.78. The van der Waals surface area contributed by atoms with Crippen LogP contribution in [0.5, 0.6) is 0 Å². The van der Waals surface area contributed by atoms with Crippen LogP contribution in [0.1, 0.15) is 38.3 Å². The number of pyridine rings is 1. The zero-order valence-corrected chi connectivity index (χ0v) is 17.3. The van der Waals surface area contributed by atoms with E-state index in [1.807, 2.05) is 37.1 Å². The number of hydrogen-bond acceptors (Lipinski definition) is 6. The first-order valence-electron chi connectivity index (χ1n) is 10.5. The van der Waals surface area contributed by atoms with Gasteiger partial charge in [-0.2, -0.15) is 0 Å². The van der Waals surface area contributed by atoms with Crippen molar-refractivity contribution in [3.05, 3.63) is 36.4 Å². The van der Waals surface area contributed by atoms with Crippen LogP contribution < -0.4 is 4.90 Å². The van der Waals surface area contributed by atoms with E-state index in [1.165, 1.54) is 0 Å². The van der Waals surface area contributed by atoms with Gasteiger partial charge in [0.1, 0.15) is 0 Å². The quantitative estimate of drug-likeness (QED) is 0.793. The van der Waals surface area contributed by atoms with Crippen LogP contribution in [0, 0.1) is 5.92 Å². The molecule has 0 aliphatic carbocycles. The highest BCUT2D eigenvalue weighted by atomic mass is 16.5. The summed E-state index contributed by atoms with van der Waals surface area (Å²) in [6.07, 6.45) is 7.55. The van der Waals surface area contributed by atoms with E-state index in [2.05, 4.69) is 14.9 Å². The van der Waals surface area contributed by atoms with Crippen LogP contribution in [0.25, 0.3) is 11.1 Å². The van der Waals surface area contributed by atoms with Gasteiger partial charge in [-0.3, -0.25) is 9.78 Å². The predicted octanol–water partition coefficient (Wildman–Crippen LogP) is 2.74. The van der Waals surface area contributed by atoms with E-state index in [9.17, 15) is 4.79 Å². The van der Waals surface area contributed by atoms with Gasteiger partial charge >= 0.3 is 0 Å². The van der Waals surface area contributed by atoms with E-state index >= 15 is 0 Å². The number of aromatic nitrogens is 3. The Labute approximate surface area is 172 Å². The van der Waals surface area contributed by atoms with Crippen molar-refractivity contribution in [3.8, 4) is 11.1 Å². The summed E-state index contributed by atoms with van der Waals surface area (Å²) in [6, 6.07) is 3.99. The Kier molecular flexibility index (Phi) is 6.04. The Morgan fingerprint density at radius 2 is 1.93 bits per heavy atom. The van der Waals surface area contributed by atoms with Gasteiger partial charge in [0.2, 0.25) is 11.9 Å². The van der Waals surface area contributed by atoms with Crippen molar-refractivity contribution in [2.75, 3.05) is 44.3 Å². The summed E-state index contributed by atoms with van der Waals surface area (Å²) in [6.45, 7) is 8.49. The Hall–Kier alpha value is -2.54. The second-order valence-corrected chi connectivity index (χ2v) is 8.08. The van der Waals surface area contributed by atoms with E-state index in [0.717, 1.165) is 55.2 Å². The molecular formula is C22H29N5O2. The molecule has 2 fully saturated rings. The lowest BCUT2D eigenvalue weighted by Gasteiger charge is -2.35. The van der Waals surface area contributed by atoms with Gasteiger partial charge < -0.3 is 14.5 Å². The molecule has 0 bridgehead atoms. The van der Waals surface area contributed by atoms with Gasteiger partial charge in [0.15, 0.2) is 0 Å². The maximum absolute atomic E-state index is 12.6. The zero-order valence-electron chi connectivity index (χ0n) is 17.3. The smallest absolute Gasteiger partial charge is 0.225 e. The largest absolute Gasteiger partial charge is 0.378 e. The van der Waals surface area contributed by atoms with E-state index in [4.69, 9.17) is 9.72 Å². The number of ether oxygens (including phenoxy) is 1. The summed E-state index contributed by atoms with van der Waals surface area (Å²) in [5, 5.41) is 0. The van der Waals surface area contributed by atoms with E-state index in [-0.39, 0.29) is 17.7 Å². The number of rotatable bonds is 4. The number of amides is 1. The molecule has 0 aromatic carbocycles. The number of hydrogen-bond donors (Lipinski definition) is 0. The lowest BCUT2D eigenvalue weighted by atomic mass is 9.89. The molecule has 0 unspecified atom stereocenters. The van der Waals surface area contributed by atoms with Crippen molar-refractivity contribution < 1.29 is 9.53 Å². The van der Waals surface area contributed by atoms with E-state index < -0.39 is 0 Å². The fraction of sp³-hybridized carbons (Fsp3) is 0.545. The summed E-state index contributed by atoms with van der Waals surface area (Å²) in [5.41, 5.74) is 3.14.